The molecule has 0 aliphatic rings. The first-order valence-corrected chi connectivity index (χ1v) is 11.0. The molecule has 0 aliphatic carbocycles. The van der Waals surface area contributed by atoms with E-state index >= 15 is 0 Å². The van der Waals surface area contributed by atoms with E-state index in [0.717, 1.165) is 26.8 Å². The standard InChI is InChI=1S/C22H19BrN2O2S/c1-16-10-12-19(13-11-16)28(26,27)25-15-22(20-8-3-4-9-21(20)25)24(2)18-7-5-6-17(23)14-18/h3-15H,1-2H3. The van der Waals surface area contributed by atoms with E-state index in [-0.39, 0.29) is 4.90 Å². The van der Waals surface area contributed by atoms with Crippen LogP contribution >= 0.6 is 15.9 Å². The van der Waals surface area contributed by atoms with Crippen molar-refractivity contribution < 1.29 is 8.42 Å². The lowest BCUT2D eigenvalue weighted by molar-refractivity contribution is 0.589. The van der Waals surface area contributed by atoms with Gasteiger partial charge >= 0.3 is 0 Å². The van der Waals surface area contributed by atoms with E-state index in [4.69, 9.17) is 0 Å². The molecule has 4 nitrogen and oxygen atoms in total. The Hall–Kier alpha value is -2.57. The number of fused-ring (bicyclic) bond motifs is 1. The van der Waals surface area contributed by atoms with Crippen molar-refractivity contribution in [3.05, 3.63) is 89.0 Å². The largest absolute Gasteiger partial charge is 0.343 e. The van der Waals surface area contributed by atoms with E-state index in [1.807, 2.05) is 79.5 Å². The van der Waals surface area contributed by atoms with Gasteiger partial charge in [0.1, 0.15) is 0 Å². The van der Waals surface area contributed by atoms with Gasteiger partial charge in [-0.1, -0.05) is 57.9 Å². The number of aryl methyl sites for hydroxylation is 1. The van der Waals surface area contributed by atoms with Crippen molar-refractivity contribution in [2.75, 3.05) is 11.9 Å². The Morgan fingerprint density at radius 2 is 1.64 bits per heavy atom. The zero-order valence-electron chi connectivity index (χ0n) is 15.5. The van der Waals surface area contributed by atoms with Crippen LogP contribution in [0.1, 0.15) is 5.56 Å². The van der Waals surface area contributed by atoms with Crippen molar-refractivity contribution in [2.45, 2.75) is 11.8 Å². The summed E-state index contributed by atoms with van der Waals surface area (Å²) < 4.78 is 29.0. The summed E-state index contributed by atoms with van der Waals surface area (Å²) in [7, 11) is -1.77. The number of aromatic nitrogens is 1. The molecule has 142 valence electrons. The molecule has 0 aliphatic heterocycles. The quantitative estimate of drug-likeness (QED) is 0.396. The third-order valence-corrected chi connectivity index (χ3v) is 6.97. The summed E-state index contributed by atoms with van der Waals surface area (Å²) in [5, 5.41) is 0.876. The SMILES string of the molecule is Cc1ccc(S(=O)(=O)n2cc(N(C)c3cccc(Br)c3)c3ccccc32)cc1. The molecule has 0 bridgehead atoms. The third kappa shape index (κ3) is 3.23. The highest BCUT2D eigenvalue weighted by atomic mass is 79.9. The van der Waals surface area contributed by atoms with E-state index in [9.17, 15) is 8.42 Å². The van der Waals surface area contributed by atoms with Crippen molar-refractivity contribution in [1.82, 2.24) is 3.97 Å². The topological polar surface area (TPSA) is 42.3 Å². The van der Waals surface area contributed by atoms with Gasteiger partial charge < -0.3 is 4.90 Å². The van der Waals surface area contributed by atoms with Crippen LogP contribution in [0, 0.1) is 6.92 Å². The minimum atomic E-state index is -3.70. The number of rotatable bonds is 4. The third-order valence-electron chi connectivity index (χ3n) is 4.79. The molecule has 6 heteroatoms. The first-order valence-electron chi connectivity index (χ1n) is 8.79. The van der Waals surface area contributed by atoms with Crippen LogP contribution < -0.4 is 4.90 Å². The molecule has 0 radical (unpaired) electrons. The summed E-state index contributed by atoms with van der Waals surface area (Å²) in [6.45, 7) is 1.94. The molecule has 0 N–H and O–H groups in total. The molecule has 1 aromatic heterocycles. The maximum atomic E-state index is 13.3. The number of hydrogen-bond acceptors (Lipinski definition) is 3. The second-order valence-corrected chi connectivity index (χ2v) is 9.41. The van der Waals surface area contributed by atoms with Crippen molar-refractivity contribution in [2.24, 2.45) is 0 Å². The summed E-state index contributed by atoms with van der Waals surface area (Å²) in [5.41, 5.74) is 3.46. The van der Waals surface area contributed by atoms with Gasteiger partial charge in [-0.05, 0) is 43.3 Å². The highest BCUT2D eigenvalue weighted by Crippen LogP contribution is 2.35. The second kappa shape index (κ2) is 7.11. The number of hydrogen-bond donors (Lipinski definition) is 0. The first-order chi connectivity index (χ1) is 13.4. The molecule has 0 spiro atoms. The smallest absolute Gasteiger partial charge is 0.268 e. The van der Waals surface area contributed by atoms with Crippen LogP contribution in [-0.4, -0.2) is 19.4 Å². The van der Waals surface area contributed by atoms with Crippen molar-refractivity contribution >= 4 is 48.2 Å². The fourth-order valence-electron chi connectivity index (χ4n) is 3.25. The molecule has 4 aromatic rings. The lowest BCUT2D eigenvalue weighted by Gasteiger charge is -2.18. The van der Waals surface area contributed by atoms with Gasteiger partial charge in [0, 0.05) is 28.8 Å². The fourth-order valence-corrected chi connectivity index (χ4v) is 5.00. The number of benzene rings is 3. The van der Waals surface area contributed by atoms with E-state index in [1.54, 1.807) is 18.3 Å². The van der Waals surface area contributed by atoms with Crippen LogP contribution in [0.25, 0.3) is 10.9 Å². The number of nitrogens with zero attached hydrogens (tertiary/aromatic N) is 2. The van der Waals surface area contributed by atoms with Gasteiger partial charge in [0.25, 0.3) is 10.0 Å². The Labute approximate surface area is 173 Å². The Morgan fingerprint density at radius 1 is 0.929 bits per heavy atom. The van der Waals surface area contributed by atoms with Crippen molar-refractivity contribution in [3.63, 3.8) is 0 Å². The van der Waals surface area contributed by atoms with E-state index in [0.29, 0.717) is 5.52 Å². The van der Waals surface area contributed by atoms with Gasteiger partial charge in [-0.2, -0.15) is 0 Å². The molecule has 0 saturated heterocycles. The lowest BCUT2D eigenvalue weighted by Crippen LogP contribution is -2.12. The minimum absolute atomic E-state index is 0.274. The molecular weight excluding hydrogens is 436 g/mol. The summed E-state index contributed by atoms with van der Waals surface area (Å²) in [6.07, 6.45) is 1.70. The molecule has 0 atom stereocenters. The minimum Gasteiger partial charge on any atom is -0.343 e. The molecular formula is C22H19BrN2O2S. The fraction of sp³-hybridized carbons (Fsp3) is 0.0909. The molecule has 0 amide bonds. The molecule has 4 rings (SSSR count). The molecule has 0 unspecified atom stereocenters. The van der Waals surface area contributed by atoms with Crippen LogP contribution in [0.4, 0.5) is 11.4 Å². The summed E-state index contributed by atoms with van der Waals surface area (Å²) in [5.74, 6) is 0. The number of anilines is 2. The van der Waals surface area contributed by atoms with E-state index in [1.165, 1.54) is 3.97 Å². The predicted octanol–water partition coefficient (Wildman–Crippen LogP) is 5.72. The van der Waals surface area contributed by atoms with Crippen molar-refractivity contribution in [1.29, 1.82) is 0 Å². The van der Waals surface area contributed by atoms with Gasteiger partial charge in [0.2, 0.25) is 0 Å². The Morgan fingerprint density at radius 3 is 2.36 bits per heavy atom. The van der Waals surface area contributed by atoms with Crippen LogP contribution in [0.3, 0.4) is 0 Å². The Bertz CT molecular complexity index is 1260. The highest BCUT2D eigenvalue weighted by Gasteiger charge is 2.22. The Kier molecular flexibility index (Phi) is 4.77. The molecule has 0 fully saturated rings. The van der Waals surface area contributed by atoms with Gasteiger partial charge in [-0.25, -0.2) is 12.4 Å². The zero-order valence-corrected chi connectivity index (χ0v) is 17.9. The van der Waals surface area contributed by atoms with Crippen molar-refractivity contribution in [3.8, 4) is 0 Å². The summed E-state index contributed by atoms with van der Waals surface area (Å²) >= 11 is 3.50. The van der Waals surface area contributed by atoms with Gasteiger partial charge in [-0.15, -0.1) is 0 Å². The average Bonchev–Trinajstić information content (AvgIpc) is 3.08. The normalized spacial score (nSPS) is 11.7. The van der Waals surface area contributed by atoms with E-state index in [2.05, 4.69) is 15.9 Å². The maximum Gasteiger partial charge on any atom is 0.268 e. The number of para-hydroxylation sites is 1. The molecule has 3 aromatic carbocycles. The molecule has 28 heavy (non-hydrogen) atoms. The Balaban J connectivity index is 1.91. The van der Waals surface area contributed by atoms with Crippen LogP contribution in [-0.2, 0) is 10.0 Å². The zero-order chi connectivity index (χ0) is 19.9. The predicted molar refractivity (Wildman–Crippen MR) is 118 cm³/mol. The summed E-state index contributed by atoms with van der Waals surface area (Å²) in [6, 6.07) is 22.4. The summed E-state index contributed by atoms with van der Waals surface area (Å²) in [4.78, 5) is 2.27. The first kappa shape index (κ1) is 18.8. The number of halogens is 1. The second-order valence-electron chi connectivity index (χ2n) is 6.68. The molecule has 0 saturated carbocycles. The van der Waals surface area contributed by atoms with Gasteiger partial charge in [-0.3, -0.25) is 0 Å². The van der Waals surface area contributed by atoms with Crippen LogP contribution in [0.15, 0.2) is 88.4 Å². The van der Waals surface area contributed by atoms with Gasteiger partial charge in [0.05, 0.1) is 16.1 Å². The highest BCUT2D eigenvalue weighted by molar-refractivity contribution is 9.10. The van der Waals surface area contributed by atoms with E-state index < -0.39 is 10.0 Å². The average molecular weight is 455 g/mol. The van der Waals surface area contributed by atoms with Crippen LogP contribution in [0.2, 0.25) is 0 Å². The van der Waals surface area contributed by atoms with Gasteiger partial charge in [0.15, 0.2) is 0 Å². The monoisotopic (exact) mass is 454 g/mol. The van der Waals surface area contributed by atoms with Crippen LogP contribution in [0.5, 0.6) is 0 Å². The maximum absolute atomic E-state index is 13.3. The molecule has 1 heterocycles. The lowest BCUT2D eigenvalue weighted by atomic mass is 10.2.